The molecule has 0 saturated carbocycles. The number of anilines is 1. The minimum Gasteiger partial charge on any atom is -0.277 e. The molecule has 8 heteroatoms. The molecule has 4 heterocycles. The number of rotatable bonds is 5. The largest absolute Gasteiger partial charge is 0.277 e. The van der Waals surface area contributed by atoms with Crippen LogP contribution in [0.2, 0.25) is 0 Å². The van der Waals surface area contributed by atoms with Gasteiger partial charge >= 0.3 is 0 Å². The molecule has 0 N–H and O–H groups in total. The summed E-state index contributed by atoms with van der Waals surface area (Å²) in [5.74, 6) is 0.507. The Morgan fingerprint density at radius 2 is 1.62 bits per heavy atom. The number of carbonyl (C=O) groups is 1. The van der Waals surface area contributed by atoms with Crippen molar-refractivity contribution in [2.75, 3.05) is 4.90 Å². The molecular formula is C24H23N7O. The molecule has 4 aromatic rings. The number of nitrogens with zero attached hydrogens (tertiary/aromatic N) is 7. The topological polar surface area (TPSA) is 89.2 Å². The Morgan fingerprint density at radius 1 is 0.938 bits per heavy atom. The van der Waals surface area contributed by atoms with Crippen LogP contribution in [0.3, 0.4) is 0 Å². The first-order valence-electron chi connectivity index (χ1n) is 10.7. The number of hydrogen-bond donors (Lipinski definition) is 0. The summed E-state index contributed by atoms with van der Waals surface area (Å²) in [5, 5.41) is 8.71. The minimum atomic E-state index is -0.785. The van der Waals surface area contributed by atoms with Crippen molar-refractivity contribution in [3.05, 3.63) is 78.3 Å². The van der Waals surface area contributed by atoms with Gasteiger partial charge in [-0.15, -0.1) is 5.10 Å². The maximum atomic E-state index is 14.2. The van der Waals surface area contributed by atoms with Gasteiger partial charge in [0, 0.05) is 36.0 Å². The standard InChI is InChI=1S/C24H23N7O/c1-4-24(5-2)18(21-25-12-6-13-26-21)20(19-22-27-14-7-15-30(22)29-28-19)31(23(24)32)17-10-8-16(3)9-11-17/h6-15H,4-5H2,1-3H3. The molecule has 1 aliphatic heterocycles. The summed E-state index contributed by atoms with van der Waals surface area (Å²) in [6.07, 6.45) is 8.09. The molecule has 160 valence electrons. The first kappa shape index (κ1) is 20.0. The van der Waals surface area contributed by atoms with E-state index in [-0.39, 0.29) is 5.91 Å². The predicted octanol–water partition coefficient (Wildman–Crippen LogP) is 3.94. The second kappa shape index (κ2) is 7.64. The van der Waals surface area contributed by atoms with Gasteiger partial charge in [-0.2, -0.15) is 0 Å². The van der Waals surface area contributed by atoms with Gasteiger partial charge in [-0.05, 0) is 44.0 Å². The van der Waals surface area contributed by atoms with Crippen LogP contribution >= 0.6 is 0 Å². The summed E-state index contributed by atoms with van der Waals surface area (Å²) >= 11 is 0. The molecular weight excluding hydrogens is 402 g/mol. The highest BCUT2D eigenvalue weighted by Crippen LogP contribution is 2.53. The SMILES string of the molecule is CCC1(CC)C(=O)N(c2ccc(C)cc2)C(c2nnn3cccnc23)=C1c1ncccn1. The fraction of sp³-hybridized carbons (Fsp3) is 0.250. The molecule has 1 amide bonds. The van der Waals surface area contributed by atoms with Gasteiger partial charge in [0.1, 0.15) is 0 Å². The molecule has 0 atom stereocenters. The van der Waals surface area contributed by atoms with Gasteiger partial charge in [0.15, 0.2) is 17.2 Å². The molecule has 32 heavy (non-hydrogen) atoms. The third-order valence-corrected chi connectivity index (χ3v) is 6.24. The zero-order valence-corrected chi connectivity index (χ0v) is 18.2. The van der Waals surface area contributed by atoms with Crippen LogP contribution in [0.4, 0.5) is 5.69 Å². The van der Waals surface area contributed by atoms with E-state index in [0.29, 0.717) is 35.7 Å². The third-order valence-electron chi connectivity index (χ3n) is 6.24. The van der Waals surface area contributed by atoms with Crippen molar-refractivity contribution in [2.45, 2.75) is 33.6 Å². The lowest BCUT2D eigenvalue weighted by molar-refractivity contribution is -0.124. The zero-order valence-electron chi connectivity index (χ0n) is 18.2. The lowest BCUT2D eigenvalue weighted by Gasteiger charge is -2.28. The smallest absolute Gasteiger partial charge is 0.242 e. The van der Waals surface area contributed by atoms with Gasteiger partial charge < -0.3 is 0 Å². The monoisotopic (exact) mass is 425 g/mol. The Morgan fingerprint density at radius 3 is 2.31 bits per heavy atom. The van der Waals surface area contributed by atoms with Crippen LogP contribution < -0.4 is 4.90 Å². The molecule has 0 saturated heterocycles. The van der Waals surface area contributed by atoms with E-state index in [9.17, 15) is 4.79 Å². The van der Waals surface area contributed by atoms with Crippen LogP contribution in [0, 0.1) is 12.3 Å². The number of carbonyl (C=O) groups excluding carboxylic acids is 1. The minimum absolute atomic E-state index is 0.0131. The molecule has 0 spiro atoms. The van der Waals surface area contributed by atoms with Crippen LogP contribution in [0.1, 0.15) is 43.8 Å². The second-order valence-corrected chi connectivity index (χ2v) is 7.89. The van der Waals surface area contributed by atoms with Crippen molar-refractivity contribution in [3.8, 4) is 0 Å². The fourth-order valence-electron chi connectivity index (χ4n) is 4.48. The van der Waals surface area contributed by atoms with Crippen molar-refractivity contribution in [3.63, 3.8) is 0 Å². The summed E-state index contributed by atoms with van der Waals surface area (Å²) in [7, 11) is 0. The first-order chi connectivity index (χ1) is 15.6. The van der Waals surface area contributed by atoms with E-state index in [1.807, 2.05) is 45.0 Å². The quantitative estimate of drug-likeness (QED) is 0.481. The molecule has 0 bridgehead atoms. The molecule has 8 nitrogen and oxygen atoms in total. The highest BCUT2D eigenvalue weighted by Gasteiger charge is 2.53. The van der Waals surface area contributed by atoms with Crippen molar-refractivity contribution >= 4 is 28.5 Å². The fourth-order valence-corrected chi connectivity index (χ4v) is 4.48. The van der Waals surface area contributed by atoms with Gasteiger partial charge in [0.25, 0.3) is 0 Å². The average Bonchev–Trinajstić information content (AvgIpc) is 3.37. The van der Waals surface area contributed by atoms with E-state index in [0.717, 1.165) is 16.8 Å². The maximum absolute atomic E-state index is 14.2. The van der Waals surface area contributed by atoms with E-state index in [1.54, 1.807) is 46.3 Å². The van der Waals surface area contributed by atoms with Crippen molar-refractivity contribution in [1.29, 1.82) is 0 Å². The third kappa shape index (κ3) is 2.83. The number of hydrogen-bond acceptors (Lipinski definition) is 6. The van der Waals surface area contributed by atoms with Crippen LogP contribution in [0.5, 0.6) is 0 Å². The van der Waals surface area contributed by atoms with E-state index in [1.165, 1.54) is 0 Å². The molecule has 1 aliphatic rings. The van der Waals surface area contributed by atoms with Crippen molar-refractivity contribution in [2.24, 2.45) is 5.41 Å². The average molecular weight is 425 g/mol. The van der Waals surface area contributed by atoms with Gasteiger partial charge in [-0.3, -0.25) is 9.69 Å². The van der Waals surface area contributed by atoms with Crippen LogP contribution in [0.15, 0.2) is 61.2 Å². The Bertz CT molecular complexity index is 1320. The van der Waals surface area contributed by atoms with E-state index in [2.05, 4.69) is 25.3 Å². The van der Waals surface area contributed by atoms with Gasteiger partial charge in [-0.25, -0.2) is 19.5 Å². The van der Waals surface area contributed by atoms with Crippen molar-refractivity contribution in [1.82, 2.24) is 29.8 Å². The summed E-state index contributed by atoms with van der Waals surface area (Å²) in [5.41, 5.74) is 3.61. The zero-order chi connectivity index (χ0) is 22.3. The summed E-state index contributed by atoms with van der Waals surface area (Å²) in [4.78, 5) is 29.5. The lowest BCUT2D eigenvalue weighted by atomic mass is 9.75. The highest BCUT2D eigenvalue weighted by molar-refractivity contribution is 6.25. The number of aryl methyl sites for hydroxylation is 1. The summed E-state index contributed by atoms with van der Waals surface area (Å²) in [6, 6.07) is 11.5. The number of aromatic nitrogens is 6. The lowest BCUT2D eigenvalue weighted by Crippen LogP contribution is -2.36. The summed E-state index contributed by atoms with van der Waals surface area (Å²) in [6.45, 7) is 6.08. The molecule has 0 aliphatic carbocycles. The Balaban J connectivity index is 1.89. The molecule has 0 unspecified atom stereocenters. The van der Waals surface area contributed by atoms with E-state index in [4.69, 9.17) is 0 Å². The Kier molecular flexibility index (Phi) is 4.77. The molecule has 1 aromatic carbocycles. The number of benzene rings is 1. The maximum Gasteiger partial charge on any atom is 0.242 e. The molecule has 5 rings (SSSR count). The van der Waals surface area contributed by atoms with Gasteiger partial charge in [0.2, 0.25) is 5.91 Å². The number of fused-ring (bicyclic) bond motifs is 1. The second-order valence-electron chi connectivity index (χ2n) is 7.89. The van der Waals surface area contributed by atoms with Crippen LogP contribution in [-0.4, -0.2) is 35.7 Å². The molecule has 0 fully saturated rings. The highest BCUT2D eigenvalue weighted by atomic mass is 16.2. The Hall–Kier alpha value is -3.94. The van der Waals surface area contributed by atoms with Gasteiger partial charge in [0.05, 0.1) is 11.1 Å². The number of amides is 1. The molecule has 0 radical (unpaired) electrons. The predicted molar refractivity (Wildman–Crippen MR) is 121 cm³/mol. The normalized spacial score (nSPS) is 15.7. The van der Waals surface area contributed by atoms with Crippen molar-refractivity contribution < 1.29 is 4.79 Å². The summed E-state index contributed by atoms with van der Waals surface area (Å²) < 4.78 is 1.61. The first-order valence-corrected chi connectivity index (χ1v) is 10.7. The van der Waals surface area contributed by atoms with Gasteiger partial charge in [-0.1, -0.05) is 36.8 Å². The van der Waals surface area contributed by atoms with Crippen LogP contribution in [-0.2, 0) is 4.79 Å². The van der Waals surface area contributed by atoms with E-state index < -0.39 is 5.41 Å². The van der Waals surface area contributed by atoms with E-state index >= 15 is 0 Å². The molecule has 3 aromatic heterocycles. The Labute approximate surface area is 185 Å². The van der Waals surface area contributed by atoms with Crippen LogP contribution in [0.25, 0.3) is 16.9 Å².